The Hall–Kier alpha value is -2.64. The molecule has 3 aromatic carbocycles. The summed E-state index contributed by atoms with van der Waals surface area (Å²) in [4.78, 5) is 13.5. The summed E-state index contributed by atoms with van der Waals surface area (Å²) in [5.41, 5.74) is 3.82. The van der Waals surface area contributed by atoms with Crippen LogP contribution < -0.4 is 9.04 Å². The first-order chi connectivity index (χ1) is 15.5. The molecule has 0 unspecified atom stereocenters. The number of hydrogen-bond donors (Lipinski definition) is 0. The van der Waals surface area contributed by atoms with E-state index in [1.165, 1.54) is 12.1 Å². The first-order valence-corrected chi connectivity index (χ1v) is 12.9. The predicted molar refractivity (Wildman–Crippen MR) is 135 cm³/mol. The van der Waals surface area contributed by atoms with Gasteiger partial charge in [0.15, 0.2) is 6.61 Å². The van der Waals surface area contributed by atoms with Gasteiger partial charge in [-0.3, -0.25) is 4.79 Å². The molecule has 3 aromatic rings. The minimum absolute atomic E-state index is 0.0432. The maximum absolute atomic E-state index is 13.6. The molecular formula is C26H28BrNO4S. The van der Waals surface area contributed by atoms with E-state index in [1.54, 1.807) is 37.3 Å². The highest BCUT2D eigenvalue weighted by Crippen LogP contribution is 2.33. The molecule has 0 atom stereocenters. The number of aryl methyl sites for hydroxylation is 2. The van der Waals surface area contributed by atoms with Crippen LogP contribution in [0.1, 0.15) is 42.0 Å². The Kier molecular flexibility index (Phi) is 7.65. The molecule has 33 heavy (non-hydrogen) atoms. The molecule has 0 saturated heterocycles. The van der Waals surface area contributed by atoms with Gasteiger partial charge in [0.2, 0.25) is 0 Å². The van der Waals surface area contributed by atoms with E-state index in [-0.39, 0.29) is 10.8 Å². The van der Waals surface area contributed by atoms with Crippen molar-refractivity contribution in [3.05, 3.63) is 87.4 Å². The number of carbonyl (C=O) groups excluding carboxylic acids is 1. The Bertz CT molecular complexity index is 1270. The van der Waals surface area contributed by atoms with Crippen LogP contribution in [0.4, 0.5) is 5.69 Å². The Morgan fingerprint density at radius 2 is 1.64 bits per heavy atom. The third-order valence-electron chi connectivity index (χ3n) is 5.57. The summed E-state index contributed by atoms with van der Waals surface area (Å²) in [6.45, 7) is 9.28. The van der Waals surface area contributed by atoms with Crippen molar-refractivity contribution in [2.45, 2.75) is 45.4 Å². The van der Waals surface area contributed by atoms with Gasteiger partial charge < -0.3 is 4.74 Å². The fourth-order valence-corrected chi connectivity index (χ4v) is 5.35. The molecule has 3 rings (SSSR count). The van der Waals surface area contributed by atoms with Gasteiger partial charge in [0.25, 0.3) is 15.9 Å². The minimum atomic E-state index is -4.14. The fourth-order valence-electron chi connectivity index (χ4n) is 3.50. The fraction of sp³-hybridized carbons (Fsp3) is 0.269. The summed E-state index contributed by atoms with van der Waals surface area (Å²) in [6, 6.07) is 17.1. The number of anilines is 1. The van der Waals surface area contributed by atoms with E-state index in [0.29, 0.717) is 17.0 Å². The topological polar surface area (TPSA) is 63.7 Å². The van der Waals surface area contributed by atoms with Crippen LogP contribution in [0.2, 0.25) is 0 Å². The zero-order valence-electron chi connectivity index (χ0n) is 19.4. The monoisotopic (exact) mass is 529 g/mol. The molecular weight excluding hydrogens is 502 g/mol. The average Bonchev–Trinajstić information content (AvgIpc) is 2.77. The van der Waals surface area contributed by atoms with E-state index in [1.807, 2.05) is 45.9 Å². The first kappa shape index (κ1) is 25.0. The van der Waals surface area contributed by atoms with Crippen molar-refractivity contribution < 1.29 is 17.9 Å². The molecule has 0 heterocycles. The smallest absolute Gasteiger partial charge is 0.278 e. The Morgan fingerprint density at radius 1 is 0.970 bits per heavy atom. The van der Waals surface area contributed by atoms with Crippen molar-refractivity contribution in [2.24, 2.45) is 0 Å². The van der Waals surface area contributed by atoms with Crippen molar-refractivity contribution in [2.75, 3.05) is 10.9 Å². The lowest BCUT2D eigenvalue weighted by Crippen LogP contribution is -2.40. The molecule has 0 aliphatic rings. The second-order valence-corrected chi connectivity index (χ2v) is 10.9. The quantitative estimate of drug-likeness (QED) is 0.360. The molecule has 0 spiro atoms. The van der Waals surface area contributed by atoms with Crippen LogP contribution in [0, 0.1) is 20.8 Å². The van der Waals surface area contributed by atoms with Crippen LogP contribution in [-0.4, -0.2) is 20.9 Å². The summed E-state index contributed by atoms with van der Waals surface area (Å²) in [5.74, 6) is 0.0649. The van der Waals surface area contributed by atoms with Gasteiger partial charge in [0.1, 0.15) is 5.75 Å². The van der Waals surface area contributed by atoms with E-state index < -0.39 is 22.5 Å². The number of amides is 1. The van der Waals surface area contributed by atoms with Crippen LogP contribution in [0.25, 0.3) is 0 Å². The van der Waals surface area contributed by atoms with E-state index in [2.05, 4.69) is 15.9 Å². The summed E-state index contributed by atoms with van der Waals surface area (Å²) < 4.78 is 34.9. The molecule has 5 nitrogen and oxygen atoms in total. The van der Waals surface area contributed by atoms with Gasteiger partial charge in [0, 0.05) is 4.47 Å². The van der Waals surface area contributed by atoms with Crippen LogP contribution >= 0.6 is 15.9 Å². The highest BCUT2D eigenvalue weighted by molar-refractivity contribution is 9.10. The largest absolute Gasteiger partial charge is 0.483 e. The third-order valence-corrected chi connectivity index (χ3v) is 8.17. The SMILES string of the molecule is Cc1cc(OCC(=O)N(c2cccc(C)c2C)S(=O)(=O)c2ccccc2)c(C(C)C)cc1Br. The van der Waals surface area contributed by atoms with Gasteiger partial charge in [-0.2, -0.15) is 4.31 Å². The highest BCUT2D eigenvalue weighted by atomic mass is 79.9. The summed E-state index contributed by atoms with van der Waals surface area (Å²) in [7, 11) is -4.14. The lowest BCUT2D eigenvalue weighted by atomic mass is 10.0. The third kappa shape index (κ3) is 5.31. The van der Waals surface area contributed by atoms with E-state index in [9.17, 15) is 13.2 Å². The normalized spacial score (nSPS) is 11.5. The van der Waals surface area contributed by atoms with Crippen LogP contribution in [0.5, 0.6) is 5.75 Å². The number of ether oxygens (including phenoxy) is 1. The molecule has 0 aliphatic carbocycles. The molecule has 0 fully saturated rings. The van der Waals surface area contributed by atoms with E-state index >= 15 is 0 Å². The van der Waals surface area contributed by atoms with E-state index in [4.69, 9.17) is 4.74 Å². The van der Waals surface area contributed by atoms with Crippen molar-refractivity contribution in [3.63, 3.8) is 0 Å². The van der Waals surface area contributed by atoms with Crippen molar-refractivity contribution in [1.82, 2.24) is 0 Å². The summed E-state index contributed by atoms with van der Waals surface area (Å²) in [6.07, 6.45) is 0. The van der Waals surface area contributed by atoms with Crippen molar-refractivity contribution in [3.8, 4) is 5.75 Å². The van der Waals surface area contributed by atoms with Gasteiger partial charge in [-0.25, -0.2) is 8.42 Å². The molecule has 0 aliphatic heterocycles. The number of benzene rings is 3. The van der Waals surface area contributed by atoms with Gasteiger partial charge in [-0.1, -0.05) is 60.1 Å². The Balaban J connectivity index is 2.03. The number of nitrogens with zero attached hydrogens (tertiary/aromatic N) is 1. The zero-order valence-corrected chi connectivity index (χ0v) is 21.8. The lowest BCUT2D eigenvalue weighted by molar-refractivity contribution is -0.119. The molecule has 0 bridgehead atoms. The van der Waals surface area contributed by atoms with E-state index in [0.717, 1.165) is 25.5 Å². The number of sulfonamides is 1. The number of hydrogen-bond acceptors (Lipinski definition) is 4. The summed E-state index contributed by atoms with van der Waals surface area (Å²) in [5, 5.41) is 0. The Labute approximate surface area is 204 Å². The molecule has 0 aromatic heterocycles. The van der Waals surface area contributed by atoms with Gasteiger partial charge in [-0.15, -0.1) is 0 Å². The molecule has 174 valence electrons. The van der Waals surface area contributed by atoms with Crippen molar-refractivity contribution in [1.29, 1.82) is 0 Å². The molecule has 0 saturated carbocycles. The minimum Gasteiger partial charge on any atom is -0.483 e. The average molecular weight is 530 g/mol. The van der Waals surface area contributed by atoms with Crippen LogP contribution in [-0.2, 0) is 14.8 Å². The second-order valence-electron chi connectivity index (χ2n) is 8.28. The molecule has 1 amide bonds. The standard InChI is InChI=1S/C26H28BrNO4S/c1-17(2)22-15-23(27)19(4)14-25(22)32-16-26(29)28(24-13-9-10-18(3)20(24)5)33(30,31)21-11-7-6-8-12-21/h6-15,17H,16H2,1-5H3. The number of carbonyl (C=O) groups is 1. The van der Waals surface area contributed by atoms with Gasteiger partial charge in [0.05, 0.1) is 10.6 Å². The van der Waals surface area contributed by atoms with Crippen LogP contribution in [0.15, 0.2) is 70.0 Å². The van der Waals surface area contributed by atoms with Gasteiger partial charge >= 0.3 is 0 Å². The summed E-state index contributed by atoms with van der Waals surface area (Å²) >= 11 is 3.54. The lowest BCUT2D eigenvalue weighted by Gasteiger charge is -2.25. The first-order valence-electron chi connectivity index (χ1n) is 10.7. The number of rotatable bonds is 7. The van der Waals surface area contributed by atoms with Crippen molar-refractivity contribution >= 4 is 37.5 Å². The maximum Gasteiger partial charge on any atom is 0.278 e. The zero-order chi connectivity index (χ0) is 24.3. The molecule has 0 radical (unpaired) electrons. The molecule has 7 heteroatoms. The number of halogens is 1. The second kappa shape index (κ2) is 10.1. The maximum atomic E-state index is 13.6. The van der Waals surface area contributed by atoms with Crippen LogP contribution in [0.3, 0.4) is 0 Å². The predicted octanol–water partition coefficient (Wildman–Crippen LogP) is 6.30. The highest BCUT2D eigenvalue weighted by Gasteiger charge is 2.32. The Morgan fingerprint density at radius 3 is 2.27 bits per heavy atom. The van der Waals surface area contributed by atoms with Gasteiger partial charge in [-0.05, 0) is 79.3 Å². The molecule has 0 N–H and O–H groups in total.